The van der Waals surface area contributed by atoms with E-state index in [0.29, 0.717) is 10.6 Å². The fourth-order valence-electron chi connectivity index (χ4n) is 1.34. The Morgan fingerprint density at radius 3 is 2.80 bits per heavy atom. The monoisotopic (exact) mass is 223 g/mol. The number of rotatable bonds is 2. The molecule has 4 nitrogen and oxygen atoms in total. The zero-order valence-corrected chi connectivity index (χ0v) is 8.89. The molecule has 1 atom stereocenters. The summed E-state index contributed by atoms with van der Waals surface area (Å²) in [7, 11) is 0. The predicted molar refractivity (Wildman–Crippen MR) is 57.0 cm³/mol. The Hall–Kier alpha value is -1.39. The highest BCUT2D eigenvalue weighted by atomic mass is 35.5. The maximum Gasteiger partial charge on any atom is 0.138 e. The van der Waals surface area contributed by atoms with Crippen molar-refractivity contribution in [3.63, 3.8) is 0 Å². The van der Waals surface area contributed by atoms with Gasteiger partial charge < -0.3 is 5.11 Å². The second-order valence-electron chi connectivity index (χ2n) is 3.22. The molecule has 0 radical (unpaired) electrons. The van der Waals surface area contributed by atoms with Crippen LogP contribution < -0.4 is 0 Å². The predicted octanol–water partition coefficient (Wildman–Crippen LogP) is 1.97. The van der Waals surface area contributed by atoms with Crippen LogP contribution in [0.15, 0.2) is 30.9 Å². The van der Waals surface area contributed by atoms with Crippen LogP contribution >= 0.6 is 11.6 Å². The minimum absolute atomic E-state index is 0.526. The van der Waals surface area contributed by atoms with Crippen LogP contribution in [0.5, 0.6) is 0 Å². The summed E-state index contributed by atoms with van der Waals surface area (Å²) in [5.41, 5.74) is 1.53. The third-order valence-corrected chi connectivity index (χ3v) is 2.44. The van der Waals surface area contributed by atoms with Gasteiger partial charge in [-0.2, -0.15) is 5.10 Å². The van der Waals surface area contributed by atoms with E-state index >= 15 is 0 Å². The van der Waals surface area contributed by atoms with Crippen molar-refractivity contribution >= 4 is 11.6 Å². The van der Waals surface area contributed by atoms with E-state index in [0.717, 1.165) is 5.69 Å². The quantitative estimate of drug-likeness (QED) is 0.847. The summed E-state index contributed by atoms with van der Waals surface area (Å²) in [6, 6.07) is 5.37. The number of hydrogen-bond acceptors (Lipinski definition) is 3. The van der Waals surface area contributed by atoms with Crippen molar-refractivity contribution in [1.82, 2.24) is 14.8 Å². The van der Waals surface area contributed by atoms with Crippen LogP contribution in [0.2, 0.25) is 5.02 Å². The molecule has 5 heteroatoms. The van der Waals surface area contributed by atoms with Gasteiger partial charge in [-0.25, -0.2) is 9.67 Å². The number of benzene rings is 1. The van der Waals surface area contributed by atoms with Crippen LogP contribution in [-0.4, -0.2) is 19.9 Å². The van der Waals surface area contributed by atoms with E-state index in [4.69, 9.17) is 11.6 Å². The van der Waals surface area contributed by atoms with Crippen molar-refractivity contribution in [2.75, 3.05) is 0 Å². The van der Waals surface area contributed by atoms with Gasteiger partial charge in [0.15, 0.2) is 0 Å². The molecule has 78 valence electrons. The molecule has 1 heterocycles. The second-order valence-corrected chi connectivity index (χ2v) is 3.63. The van der Waals surface area contributed by atoms with Gasteiger partial charge in [-0.05, 0) is 24.6 Å². The first-order valence-electron chi connectivity index (χ1n) is 4.51. The Morgan fingerprint density at radius 2 is 2.27 bits per heavy atom. The van der Waals surface area contributed by atoms with Crippen molar-refractivity contribution in [3.05, 3.63) is 41.4 Å². The van der Waals surface area contributed by atoms with Gasteiger partial charge >= 0.3 is 0 Å². The van der Waals surface area contributed by atoms with Gasteiger partial charge in [0.25, 0.3) is 0 Å². The summed E-state index contributed by atoms with van der Waals surface area (Å²) in [5.74, 6) is 0. The van der Waals surface area contributed by atoms with E-state index in [1.54, 1.807) is 30.1 Å². The number of nitrogens with zero attached hydrogens (tertiary/aromatic N) is 3. The third kappa shape index (κ3) is 2.00. The maximum atomic E-state index is 9.41. The molecule has 0 aliphatic rings. The summed E-state index contributed by atoms with van der Waals surface area (Å²) in [6.07, 6.45) is 2.48. The first-order chi connectivity index (χ1) is 7.18. The molecule has 0 aliphatic carbocycles. The molecule has 0 unspecified atom stereocenters. The number of aliphatic hydroxyl groups is 1. The fourth-order valence-corrected chi connectivity index (χ4v) is 1.67. The van der Waals surface area contributed by atoms with Gasteiger partial charge in [0, 0.05) is 5.02 Å². The lowest BCUT2D eigenvalue weighted by Crippen LogP contribution is -1.97. The SMILES string of the molecule is C[C@H](O)c1ccc(-n2cncn2)cc1Cl. The van der Waals surface area contributed by atoms with Crippen LogP contribution in [0.25, 0.3) is 5.69 Å². The molecular weight excluding hydrogens is 214 g/mol. The second kappa shape index (κ2) is 4.00. The summed E-state index contributed by atoms with van der Waals surface area (Å²) in [4.78, 5) is 3.85. The maximum absolute atomic E-state index is 9.41. The van der Waals surface area contributed by atoms with Crippen LogP contribution in [0, 0.1) is 0 Å². The van der Waals surface area contributed by atoms with Crippen LogP contribution in [0.3, 0.4) is 0 Å². The first kappa shape index (κ1) is 10.1. The van der Waals surface area contributed by atoms with Crippen molar-refractivity contribution < 1.29 is 5.11 Å². The Labute approximate surface area is 92.1 Å². The average molecular weight is 224 g/mol. The minimum atomic E-state index is -0.567. The number of aliphatic hydroxyl groups excluding tert-OH is 1. The molecule has 1 aromatic carbocycles. The average Bonchev–Trinajstić information content (AvgIpc) is 2.69. The highest BCUT2D eigenvalue weighted by Crippen LogP contribution is 2.24. The number of halogens is 1. The van der Waals surface area contributed by atoms with Crippen LogP contribution in [0.4, 0.5) is 0 Å². The van der Waals surface area contributed by atoms with E-state index in [-0.39, 0.29) is 0 Å². The molecule has 2 aromatic rings. The van der Waals surface area contributed by atoms with Crippen LogP contribution in [-0.2, 0) is 0 Å². The molecule has 0 saturated heterocycles. The fraction of sp³-hybridized carbons (Fsp3) is 0.200. The van der Waals surface area contributed by atoms with Crippen molar-refractivity contribution in [2.45, 2.75) is 13.0 Å². The van der Waals surface area contributed by atoms with E-state index in [9.17, 15) is 5.11 Å². The molecule has 0 fully saturated rings. The Morgan fingerprint density at radius 1 is 1.47 bits per heavy atom. The minimum Gasteiger partial charge on any atom is -0.389 e. The van der Waals surface area contributed by atoms with E-state index < -0.39 is 6.10 Å². The van der Waals surface area contributed by atoms with Gasteiger partial charge in [-0.3, -0.25) is 0 Å². The van der Waals surface area contributed by atoms with Gasteiger partial charge in [-0.1, -0.05) is 17.7 Å². The zero-order chi connectivity index (χ0) is 10.8. The highest BCUT2D eigenvalue weighted by molar-refractivity contribution is 6.31. The topological polar surface area (TPSA) is 50.9 Å². The van der Waals surface area contributed by atoms with Gasteiger partial charge in [-0.15, -0.1) is 0 Å². The van der Waals surface area contributed by atoms with Gasteiger partial charge in [0.05, 0.1) is 11.8 Å². The molecule has 0 amide bonds. The molecule has 0 aliphatic heterocycles. The van der Waals surface area contributed by atoms with Gasteiger partial charge in [0.1, 0.15) is 12.7 Å². The highest BCUT2D eigenvalue weighted by Gasteiger charge is 2.07. The zero-order valence-electron chi connectivity index (χ0n) is 8.13. The molecule has 1 aromatic heterocycles. The summed E-state index contributed by atoms with van der Waals surface area (Å²) in [6.45, 7) is 1.68. The molecule has 1 N–H and O–H groups in total. The molecule has 2 rings (SSSR count). The van der Waals surface area contributed by atoms with E-state index in [2.05, 4.69) is 10.1 Å². The Bertz CT molecular complexity index is 454. The standard InChI is InChI=1S/C10H10ClN3O/c1-7(15)9-3-2-8(4-10(9)11)14-6-12-5-13-14/h2-7,15H,1H3/t7-/m0/s1. The van der Waals surface area contributed by atoms with Gasteiger partial charge in [0.2, 0.25) is 0 Å². The normalized spacial score (nSPS) is 12.7. The molecular formula is C10H10ClN3O. The smallest absolute Gasteiger partial charge is 0.138 e. The lowest BCUT2D eigenvalue weighted by molar-refractivity contribution is 0.199. The molecule has 15 heavy (non-hydrogen) atoms. The lowest BCUT2D eigenvalue weighted by atomic mass is 10.1. The van der Waals surface area contributed by atoms with E-state index in [1.807, 2.05) is 6.07 Å². The molecule has 0 bridgehead atoms. The Balaban J connectivity index is 2.42. The van der Waals surface area contributed by atoms with E-state index in [1.165, 1.54) is 6.33 Å². The third-order valence-electron chi connectivity index (χ3n) is 2.12. The largest absolute Gasteiger partial charge is 0.389 e. The molecule has 0 spiro atoms. The number of aromatic nitrogens is 3. The lowest BCUT2D eigenvalue weighted by Gasteiger charge is -2.08. The first-order valence-corrected chi connectivity index (χ1v) is 4.89. The van der Waals surface area contributed by atoms with Crippen molar-refractivity contribution in [2.24, 2.45) is 0 Å². The summed E-state index contributed by atoms with van der Waals surface area (Å²) in [5, 5.41) is 13.9. The number of hydrogen-bond donors (Lipinski definition) is 1. The summed E-state index contributed by atoms with van der Waals surface area (Å²) >= 11 is 6.02. The van der Waals surface area contributed by atoms with Crippen molar-refractivity contribution in [3.8, 4) is 5.69 Å². The molecule has 0 saturated carbocycles. The summed E-state index contributed by atoms with van der Waals surface area (Å²) < 4.78 is 1.61. The Kier molecular flexibility index (Phi) is 2.70. The van der Waals surface area contributed by atoms with Crippen LogP contribution in [0.1, 0.15) is 18.6 Å². The van der Waals surface area contributed by atoms with Crippen molar-refractivity contribution in [1.29, 1.82) is 0 Å².